The number of halogens is 1. The van der Waals surface area contributed by atoms with Gasteiger partial charge >= 0.3 is 0 Å². The summed E-state index contributed by atoms with van der Waals surface area (Å²) in [6, 6.07) is 15.9. The average Bonchev–Trinajstić information content (AvgIpc) is 1.51. The Labute approximate surface area is 669 Å². The summed E-state index contributed by atoms with van der Waals surface area (Å²) in [6.45, 7) is 10.2. The molecule has 612 valence electrons. The number of rotatable bonds is 46. The predicted molar refractivity (Wildman–Crippen MR) is 428 cm³/mol. The second-order valence-corrected chi connectivity index (χ2v) is 29.6. The van der Waals surface area contributed by atoms with Gasteiger partial charge in [-0.3, -0.25) is 77.3 Å². The Bertz CT molecular complexity index is 4210. The van der Waals surface area contributed by atoms with Crippen molar-refractivity contribution in [3.8, 4) is 0 Å². The van der Waals surface area contributed by atoms with Gasteiger partial charge in [0, 0.05) is 94.1 Å². The molecule has 31 nitrogen and oxygen atoms in total. The third-order valence-electron chi connectivity index (χ3n) is 19.1. The molecule has 3 aromatic carbocycles. The third-order valence-corrected chi connectivity index (χ3v) is 19.4. The van der Waals surface area contributed by atoms with E-state index in [2.05, 4.69) is 78.8 Å². The maximum absolute atomic E-state index is 15.2. The van der Waals surface area contributed by atoms with Crippen molar-refractivity contribution in [3.05, 3.63) is 173 Å². The molecule has 0 radical (unpaired) electrons. The van der Waals surface area contributed by atoms with E-state index in [0.29, 0.717) is 53.1 Å². The second-order valence-electron chi connectivity index (χ2n) is 29.2. The van der Waals surface area contributed by atoms with Crippen molar-refractivity contribution in [2.75, 3.05) is 32.8 Å². The Kier molecular flexibility index (Phi) is 36.8. The number of aromatic nitrogens is 3. The van der Waals surface area contributed by atoms with E-state index in [1.54, 1.807) is 60.7 Å². The standard InChI is InChI=1S/C82H108ClN17O14/c1-50(2)41-65(76(108)95-64(26-11-12-37-88-51(3)4)82(114)100-40-18-27-70(100)81(113)91-52(5)71(84)103)96-75(107)63(25-10-14-39-90-73(105)60-23-17-36-87-48-60)93-74(106)62(24-9-13-38-89-72(104)59-22-16-35-86-47-59)94-80(112)69(49-101)99-79(111)68(45-56-19-15-34-85-46-56)98-78(110)67(43-54-29-32-61(83)33-30-54)97-77(109)66(92-53(6)102)44-55-28-31-57-20-7-8-21-58(57)42-55/h7-8,15-17,19-23,28-36,42,46-48,50-52,62-70,88,101H,9-14,18,24-27,37-41,43-45,49H2,1-6H3,(H2,84,103)(H,89,104)(H,90,105)(H,91,113)(H,92,102)(H,93,106)(H,94,112)(H,95,108)(H,96,107)(H,97,109)(H,98,110)(H,99,111)/t52-,62+,63-,64+,65+,66-,67-,68-,69+,70-/m1/s1. The van der Waals surface area contributed by atoms with Crippen LogP contribution in [0.3, 0.4) is 0 Å². The van der Waals surface area contributed by atoms with E-state index >= 15 is 9.59 Å². The Morgan fingerprint density at radius 3 is 1.46 bits per heavy atom. The molecule has 114 heavy (non-hydrogen) atoms. The average molecular weight is 1590 g/mol. The number of aliphatic hydroxyl groups excluding tert-OH is 1. The monoisotopic (exact) mass is 1590 g/mol. The molecule has 7 rings (SSSR count). The highest BCUT2D eigenvalue weighted by molar-refractivity contribution is 6.30. The lowest BCUT2D eigenvalue weighted by Gasteiger charge is -2.31. The maximum Gasteiger partial charge on any atom is 0.252 e. The van der Waals surface area contributed by atoms with E-state index in [-0.39, 0.29) is 114 Å². The van der Waals surface area contributed by atoms with Gasteiger partial charge in [0.2, 0.25) is 65.0 Å². The molecular formula is C82H108ClN17O14. The zero-order chi connectivity index (χ0) is 82.6. The number of fused-ring (bicyclic) bond motifs is 1. The summed E-state index contributed by atoms with van der Waals surface area (Å²) in [5, 5.41) is 46.8. The quantitative estimate of drug-likeness (QED) is 0.0244. The van der Waals surface area contributed by atoms with Gasteiger partial charge in [-0.25, -0.2) is 0 Å². The van der Waals surface area contributed by atoms with E-state index in [4.69, 9.17) is 17.3 Å². The molecule has 0 saturated carbocycles. The minimum Gasteiger partial charge on any atom is -0.394 e. The number of hydrogen-bond acceptors (Lipinski definition) is 18. The highest BCUT2D eigenvalue weighted by Gasteiger charge is 2.40. The Morgan fingerprint density at radius 2 is 0.939 bits per heavy atom. The molecule has 0 aliphatic carbocycles. The molecule has 1 fully saturated rings. The largest absolute Gasteiger partial charge is 0.394 e. The van der Waals surface area contributed by atoms with Crippen LogP contribution in [0.5, 0.6) is 0 Å². The number of nitrogens with two attached hydrogens (primary N) is 1. The van der Waals surface area contributed by atoms with Crippen LogP contribution in [0.4, 0.5) is 0 Å². The van der Waals surface area contributed by atoms with Crippen LogP contribution in [-0.2, 0) is 72.0 Å². The molecule has 3 aromatic heterocycles. The molecule has 32 heteroatoms. The molecular weight excluding hydrogens is 1480 g/mol. The summed E-state index contributed by atoms with van der Waals surface area (Å²) in [5.41, 5.74) is 7.74. The van der Waals surface area contributed by atoms with Crippen LogP contribution in [-0.4, -0.2) is 201 Å². The molecule has 0 spiro atoms. The Hall–Kier alpha value is -11.3. The summed E-state index contributed by atoms with van der Waals surface area (Å²) >= 11 is 6.27. The van der Waals surface area contributed by atoms with Gasteiger partial charge in [-0.05, 0) is 166 Å². The number of hydrogen-bond donors (Lipinski definition) is 14. The van der Waals surface area contributed by atoms with Crippen molar-refractivity contribution in [2.45, 2.75) is 204 Å². The second kappa shape index (κ2) is 46.6. The fourth-order valence-electron chi connectivity index (χ4n) is 13.0. The van der Waals surface area contributed by atoms with Gasteiger partial charge in [-0.1, -0.05) is 100.0 Å². The molecule has 1 aliphatic heterocycles. The predicted octanol–water partition coefficient (Wildman–Crippen LogP) is 2.99. The molecule has 1 aliphatic rings. The van der Waals surface area contributed by atoms with E-state index in [0.717, 1.165) is 10.8 Å². The summed E-state index contributed by atoms with van der Waals surface area (Å²) in [4.78, 5) is 197. The van der Waals surface area contributed by atoms with Crippen LogP contribution < -0.4 is 69.5 Å². The summed E-state index contributed by atoms with van der Waals surface area (Å²) in [5.74, 6) is -9.75. The van der Waals surface area contributed by atoms with Crippen molar-refractivity contribution < 1.29 is 67.4 Å². The lowest BCUT2D eigenvalue weighted by molar-refractivity contribution is -0.142. The number of nitrogens with zero attached hydrogens (tertiary/aromatic N) is 4. The van der Waals surface area contributed by atoms with Gasteiger partial charge in [0.05, 0.1) is 17.7 Å². The molecule has 0 bridgehead atoms. The van der Waals surface area contributed by atoms with Gasteiger partial charge in [-0.15, -0.1) is 0 Å². The zero-order valence-electron chi connectivity index (χ0n) is 65.3. The van der Waals surface area contributed by atoms with Crippen LogP contribution in [0.2, 0.25) is 5.02 Å². The zero-order valence-corrected chi connectivity index (χ0v) is 66.1. The van der Waals surface area contributed by atoms with E-state index in [9.17, 15) is 57.8 Å². The number of unbranched alkanes of at least 4 members (excludes halogenated alkanes) is 3. The highest BCUT2D eigenvalue weighted by atomic mass is 35.5. The fraction of sp³-hybridized carbons (Fsp3) is 0.463. The molecule has 6 aromatic rings. The molecule has 1 saturated heterocycles. The summed E-state index contributed by atoms with van der Waals surface area (Å²) in [7, 11) is 0. The van der Waals surface area contributed by atoms with Crippen LogP contribution >= 0.6 is 11.6 Å². The molecule has 10 atom stereocenters. The minimum absolute atomic E-state index is 0.0277. The maximum atomic E-state index is 15.2. The van der Waals surface area contributed by atoms with Crippen molar-refractivity contribution in [3.63, 3.8) is 0 Å². The first kappa shape index (κ1) is 89.9. The number of benzene rings is 3. The van der Waals surface area contributed by atoms with Crippen molar-refractivity contribution in [1.82, 2.24) is 83.7 Å². The van der Waals surface area contributed by atoms with E-state index < -0.39 is 144 Å². The normalized spacial score (nSPS) is 14.9. The van der Waals surface area contributed by atoms with Crippen molar-refractivity contribution >= 4 is 99.2 Å². The summed E-state index contributed by atoms with van der Waals surface area (Å²) in [6.07, 6.45) is 10.9. The van der Waals surface area contributed by atoms with Crippen LogP contribution in [0.15, 0.2) is 140 Å². The van der Waals surface area contributed by atoms with Gasteiger partial charge in [0.25, 0.3) is 11.8 Å². The van der Waals surface area contributed by atoms with Crippen LogP contribution in [0.25, 0.3) is 10.8 Å². The SMILES string of the molecule is CC(=O)N[C@H](Cc1ccc2ccccc2c1)C(=O)N[C@H](Cc1ccc(Cl)cc1)C(=O)N[C@H](Cc1cccnc1)C(=O)N[C@@H](CO)C(=O)N[C@@H](CCCCNC(=O)c1cccnc1)C(=O)N[C@H](CCCCNC(=O)c1cccnc1)C(=O)N[C@@H](CC(C)C)C(=O)N[C@@H](CCCCNC(C)C)C(=O)N1CCC[C@@H]1C(=O)N[C@H](C)C(N)=O. The number of aliphatic hydroxyl groups is 1. The van der Waals surface area contributed by atoms with E-state index in [1.165, 1.54) is 55.9 Å². The number of likely N-dealkylation sites (tertiary alicyclic amines) is 1. The Balaban J connectivity index is 1.15. The van der Waals surface area contributed by atoms with Crippen LogP contribution in [0.1, 0.15) is 156 Å². The van der Waals surface area contributed by atoms with Crippen molar-refractivity contribution in [2.24, 2.45) is 11.7 Å². The molecule has 13 amide bonds. The summed E-state index contributed by atoms with van der Waals surface area (Å²) < 4.78 is 0. The number of nitrogens with one attached hydrogen (secondary N) is 12. The van der Waals surface area contributed by atoms with Gasteiger partial charge < -0.3 is 79.5 Å². The van der Waals surface area contributed by atoms with Gasteiger partial charge in [-0.2, -0.15) is 0 Å². The van der Waals surface area contributed by atoms with Crippen molar-refractivity contribution in [1.29, 1.82) is 0 Å². The first-order chi connectivity index (χ1) is 54.7. The number of pyridine rings is 3. The first-order valence-corrected chi connectivity index (χ1v) is 39.2. The lowest BCUT2D eigenvalue weighted by atomic mass is 9.99. The van der Waals surface area contributed by atoms with Gasteiger partial charge in [0.1, 0.15) is 60.4 Å². The minimum atomic E-state index is -1.83. The van der Waals surface area contributed by atoms with E-state index in [1.807, 2.05) is 70.2 Å². The third kappa shape index (κ3) is 30.0. The molecule has 15 N–H and O–H groups in total. The Morgan fingerprint density at radius 1 is 0.482 bits per heavy atom. The number of carbonyl (C=O) groups excluding carboxylic acids is 13. The van der Waals surface area contributed by atoms with Crippen LogP contribution in [0, 0.1) is 5.92 Å². The number of amides is 13. The topological polar surface area (TPSA) is 454 Å². The number of carbonyl (C=O) groups is 13. The smallest absolute Gasteiger partial charge is 0.252 e. The lowest BCUT2D eigenvalue weighted by Crippen LogP contribution is -2.61. The fourth-order valence-corrected chi connectivity index (χ4v) is 13.1. The first-order valence-electron chi connectivity index (χ1n) is 38.8. The number of primary amides is 1. The molecule has 0 unspecified atom stereocenters. The highest BCUT2D eigenvalue weighted by Crippen LogP contribution is 2.23. The molecule has 4 heterocycles. The van der Waals surface area contributed by atoms with Gasteiger partial charge in [0.15, 0.2) is 0 Å².